The Labute approximate surface area is 154 Å². The molecule has 0 spiro atoms. The molecular formula is C18H27ClN4O2. The molecular weight excluding hydrogens is 340 g/mol. The predicted molar refractivity (Wildman–Crippen MR) is 99.6 cm³/mol. The first-order valence-electron chi connectivity index (χ1n) is 8.54. The first kappa shape index (κ1) is 19.5. The molecule has 3 amide bonds. The van der Waals surface area contributed by atoms with Crippen LogP contribution in [0.3, 0.4) is 0 Å². The van der Waals surface area contributed by atoms with Gasteiger partial charge in [-0.2, -0.15) is 0 Å². The molecule has 0 unspecified atom stereocenters. The number of rotatable bonds is 4. The summed E-state index contributed by atoms with van der Waals surface area (Å²) in [4.78, 5) is 28.1. The Kier molecular flexibility index (Phi) is 6.67. The molecule has 0 bridgehead atoms. The van der Waals surface area contributed by atoms with Gasteiger partial charge >= 0.3 is 6.03 Å². The van der Waals surface area contributed by atoms with Gasteiger partial charge in [0.2, 0.25) is 5.91 Å². The fourth-order valence-electron chi connectivity index (χ4n) is 2.69. The summed E-state index contributed by atoms with van der Waals surface area (Å²) < 4.78 is 0. The van der Waals surface area contributed by atoms with Crippen LogP contribution in [0.4, 0.5) is 4.79 Å². The molecule has 1 heterocycles. The molecule has 0 aromatic heterocycles. The van der Waals surface area contributed by atoms with Crippen LogP contribution in [0.15, 0.2) is 24.3 Å². The fourth-order valence-corrected chi connectivity index (χ4v) is 2.90. The number of urea groups is 1. The van der Waals surface area contributed by atoms with Crippen molar-refractivity contribution in [2.45, 2.75) is 32.9 Å². The number of piperazine rings is 1. The van der Waals surface area contributed by atoms with Crippen LogP contribution in [0.2, 0.25) is 5.02 Å². The van der Waals surface area contributed by atoms with E-state index in [9.17, 15) is 9.59 Å². The van der Waals surface area contributed by atoms with Crippen molar-refractivity contribution in [2.24, 2.45) is 0 Å². The standard InChI is InChI=1S/C18H27ClN4O2/c1-18(2,3)21-16(24)13-22-8-10-23(11-9-22)17(25)20-12-14-6-4-5-7-15(14)19/h4-7H,8-13H2,1-3H3,(H,20,25)(H,21,24). The SMILES string of the molecule is CC(C)(C)NC(=O)CN1CCN(C(=O)NCc2ccccc2Cl)CC1. The van der Waals surface area contributed by atoms with E-state index in [1.165, 1.54) is 0 Å². The Hall–Kier alpha value is -1.79. The monoisotopic (exact) mass is 366 g/mol. The van der Waals surface area contributed by atoms with Gasteiger partial charge in [-0.1, -0.05) is 29.8 Å². The van der Waals surface area contributed by atoms with E-state index in [2.05, 4.69) is 15.5 Å². The van der Waals surface area contributed by atoms with Gasteiger partial charge < -0.3 is 15.5 Å². The molecule has 1 aliphatic heterocycles. The van der Waals surface area contributed by atoms with Crippen molar-refractivity contribution in [2.75, 3.05) is 32.7 Å². The summed E-state index contributed by atoms with van der Waals surface area (Å²) >= 11 is 6.10. The topological polar surface area (TPSA) is 64.7 Å². The molecule has 0 saturated carbocycles. The highest BCUT2D eigenvalue weighted by atomic mass is 35.5. The van der Waals surface area contributed by atoms with Crippen LogP contribution in [0, 0.1) is 0 Å². The molecule has 1 aliphatic rings. The van der Waals surface area contributed by atoms with Crippen LogP contribution in [-0.2, 0) is 11.3 Å². The van der Waals surface area contributed by atoms with Crippen LogP contribution in [0.5, 0.6) is 0 Å². The molecule has 2 rings (SSSR count). The van der Waals surface area contributed by atoms with Crippen molar-refractivity contribution >= 4 is 23.5 Å². The van der Waals surface area contributed by atoms with Crippen LogP contribution in [-0.4, -0.2) is 60.0 Å². The third-order valence-electron chi connectivity index (χ3n) is 3.93. The third kappa shape index (κ3) is 6.55. The van der Waals surface area contributed by atoms with Crippen molar-refractivity contribution in [1.82, 2.24) is 20.4 Å². The second-order valence-corrected chi connectivity index (χ2v) is 7.72. The highest BCUT2D eigenvalue weighted by Gasteiger charge is 2.23. The molecule has 6 nitrogen and oxygen atoms in total. The molecule has 1 saturated heterocycles. The second-order valence-electron chi connectivity index (χ2n) is 7.31. The minimum Gasteiger partial charge on any atom is -0.350 e. The maximum atomic E-state index is 12.3. The Morgan fingerprint density at radius 2 is 1.76 bits per heavy atom. The summed E-state index contributed by atoms with van der Waals surface area (Å²) in [6.07, 6.45) is 0. The van der Waals surface area contributed by atoms with Gasteiger partial charge in [-0.15, -0.1) is 0 Å². The predicted octanol–water partition coefficient (Wildman–Crippen LogP) is 2.08. The van der Waals surface area contributed by atoms with E-state index in [1.54, 1.807) is 4.90 Å². The van der Waals surface area contributed by atoms with Gasteiger partial charge in [0.15, 0.2) is 0 Å². The van der Waals surface area contributed by atoms with Crippen LogP contribution < -0.4 is 10.6 Å². The molecule has 7 heteroatoms. The Morgan fingerprint density at radius 3 is 2.36 bits per heavy atom. The normalized spacial score (nSPS) is 15.8. The van der Waals surface area contributed by atoms with E-state index in [-0.39, 0.29) is 17.5 Å². The fraction of sp³-hybridized carbons (Fsp3) is 0.556. The first-order chi connectivity index (χ1) is 11.7. The third-order valence-corrected chi connectivity index (χ3v) is 4.30. The van der Waals surface area contributed by atoms with Crippen molar-refractivity contribution in [3.63, 3.8) is 0 Å². The number of hydrogen-bond donors (Lipinski definition) is 2. The average Bonchev–Trinajstić information content (AvgIpc) is 2.52. The summed E-state index contributed by atoms with van der Waals surface area (Å²) in [5.41, 5.74) is 0.673. The number of benzene rings is 1. The van der Waals surface area contributed by atoms with Crippen molar-refractivity contribution in [3.8, 4) is 0 Å². The summed E-state index contributed by atoms with van der Waals surface area (Å²) in [6.45, 7) is 9.27. The van der Waals surface area contributed by atoms with Crippen molar-refractivity contribution < 1.29 is 9.59 Å². The van der Waals surface area contributed by atoms with Gasteiger partial charge in [-0.25, -0.2) is 4.79 Å². The maximum absolute atomic E-state index is 12.3. The van der Waals surface area contributed by atoms with Crippen molar-refractivity contribution in [1.29, 1.82) is 0 Å². The van der Waals surface area contributed by atoms with Gasteiger partial charge in [-0.05, 0) is 32.4 Å². The molecule has 0 atom stereocenters. The quantitative estimate of drug-likeness (QED) is 0.857. The number of carbonyl (C=O) groups excluding carboxylic acids is 2. The van der Waals surface area contributed by atoms with E-state index in [1.807, 2.05) is 45.0 Å². The van der Waals surface area contributed by atoms with Crippen LogP contribution in [0.25, 0.3) is 0 Å². The number of carbonyl (C=O) groups is 2. The van der Waals surface area contributed by atoms with Gasteiger partial charge in [0.25, 0.3) is 0 Å². The number of amides is 3. The van der Waals surface area contributed by atoms with Gasteiger partial charge in [0.1, 0.15) is 0 Å². The zero-order valence-electron chi connectivity index (χ0n) is 15.1. The number of halogens is 1. The lowest BCUT2D eigenvalue weighted by Crippen LogP contribution is -2.54. The van der Waals surface area contributed by atoms with Gasteiger partial charge in [0.05, 0.1) is 6.54 Å². The molecule has 1 aromatic rings. The lowest BCUT2D eigenvalue weighted by molar-refractivity contribution is -0.123. The van der Waals surface area contributed by atoms with Crippen molar-refractivity contribution in [3.05, 3.63) is 34.9 Å². The first-order valence-corrected chi connectivity index (χ1v) is 8.92. The molecule has 1 aromatic carbocycles. The molecule has 25 heavy (non-hydrogen) atoms. The largest absolute Gasteiger partial charge is 0.350 e. The van der Waals surface area contributed by atoms with Gasteiger partial charge in [-0.3, -0.25) is 9.69 Å². The van der Waals surface area contributed by atoms with E-state index in [4.69, 9.17) is 11.6 Å². The molecule has 1 fully saturated rings. The molecule has 138 valence electrons. The molecule has 0 aliphatic carbocycles. The summed E-state index contributed by atoms with van der Waals surface area (Å²) in [5, 5.41) is 6.51. The maximum Gasteiger partial charge on any atom is 0.317 e. The smallest absolute Gasteiger partial charge is 0.317 e. The minimum absolute atomic E-state index is 0.0177. The van der Waals surface area contributed by atoms with Gasteiger partial charge in [0, 0.05) is 43.3 Å². The average molecular weight is 367 g/mol. The molecule has 2 N–H and O–H groups in total. The zero-order valence-corrected chi connectivity index (χ0v) is 15.9. The number of nitrogens with zero attached hydrogens (tertiary/aromatic N) is 2. The van der Waals surface area contributed by atoms with Crippen LogP contribution >= 0.6 is 11.6 Å². The van der Waals surface area contributed by atoms with E-state index < -0.39 is 0 Å². The number of hydrogen-bond acceptors (Lipinski definition) is 3. The van der Waals surface area contributed by atoms with E-state index >= 15 is 0 Å². The Balaban J connectivity index is 1.73. The second kappa shape index (κ2) is 8.54. The highest BCUT2D eigenvalue weighted by Crippen LogP contribution is 2.14. The summed E-state index contributed by atoms with van der Waals surface area (Å²) in [6, 6.07) is 7.37. The van der Waals surface area contributed by atoms with E-state index in [0.717, 1.165) is 5.56 Å². The van der Waals surface area contributed by atoms with Crippen LogP contribution in [0.1, 0.15) is 26.3 Å². The molecule has 0 radical (unpaired) electrons. The minimum atomic E-state index is -0.225. The lowest BCUT2D eigenvalue weighted by Gasteiger charge is -2.34. The zero-order chi connectivity index (χ0) is 18.4. The van der Waals surface area contributed by atoms with E-state index in [0.29, 0.717) is 44.3 Å². The summed E-state index contributed by atoms with van der Waals surface area (Å²) in [5.74, 6) is 0.0177. The lowest BCUT2D eigenvalue weighted by atomic mass is 10.1. The Morgan fingerprint density at radius 1 is 1.12 bits per heavy atom. The highest BCUT2D eigenvalue weighted by molar-refractivity contribution is 6.31. The number of nitrogens with one attached hydrogen (secondary N) is 2. The summed E-state index contributed by atoms with van der Waals surface area (Å²) in [7, 11) is 0. The Bertz CT molecular complexity index is 607.